The second-order valence-electron chi connectivity index (χ2n) is 6.44. The maximum Gasteiger partial charge on any atom is 0.266 e. The van der Waals surface area contributed by atoms with Crippen LogP contribution in [0.5, 0.6) is 0 Å². The molecule has 0 aliphatic rings. The summed E-state index contributed by atoms with van der Waals surface area (Å²) in [4.78, 5) is 11.1. The predicted octanol–water partition coefficient (Wildman–Crippen LogP) is 5.10. The molecule has 0 saturated carbocycles. The Bertz CT molecular complexity index is 1060. The molecule has 0 radical (unpaired) electrons. The molecule has 0 amide bonds. The predicted molar refractivity (Wildman–Crippen MR) is 104 cm³/mol. The highest BCUT2D eigenvalue weighted by atomic mass is 32.2. The van der Waals surface area contributed by atoms with Crippen molar-refractivity contribution in [2.24, 2.45) is 0 Å². The Hall–Kier alpha value is -2.56. The van der Waals surface area contributed by atoms with Gasteiger partial charge in [-0.05, 0) is 18.9 Å². The molecule has 0 bridgehead atoms. The molecule has 3 aromatic rings. The first-order valence-corrected chi connectivity index (χ1v) is 10.3. The molecule has 30 heavy (non-hydrogen) atoms. The minimum absolute atomic E-state index is 0.0147. The van der Waals surface area contributed by atoms with Gasteiger partial charge >= 0.3 is 0 Å². The Morgan fingerprint density at radius 3 is 2.27 bits per heavy atom. The number of nitrogens with zero attached hydrogens (tertiary/aromatic N) is 2. The van der Waals surface area contributed by atoms with Gasteiger partial charge in [0.2, 0.25) is 12.4 Å². The third-order valence-electron chi connectivity index (χ3n) is 4.61. The molecule has 1 atom stereocenters. The minimum atomic E-state index is -2.98. The number of nitrogens with one attached hydrogen (secondary N) is 2. The van der Waals surface area contributed by atoms with Crippen LogP contribution in [0, 0.1) is 5.82 Å². The van der Waals surface area contributed by atoms with Crippen molar-refractivity contribution in [1.29, 1.82) is 0 Å². The Kier molecular flexibility index (Phi) is 6.69. The maximum atomic E-state index is 14.3. The zero-order valence-corrected chi connectivity index (χ0v) is 16.9. The lowest BCUT2D eigenvalue weighted by atomic mass is 10.0. The van der Waals surface area contributed by atoms with Gasteiger partial charge < -0.3 is 4.98 Å². The topological polar surface area (TPSA) is 70.7 Å². The van der Waals surface area contributed by atoms with Crippen molar-refractivity contribution < 1.29 is 26.2 Å². The van der Waals surface area contributed by atoms with E-state index in [9.17, 15) is 26.2 Å². The molecule has 0 spiro atoms. The lowest BCUT2D eigenvalue weighted by Gasteiger charge is -2.14. The summed E-state index contributed by atoms with van der Waals surface area (Å²) in [6.45, 7) is 3.53. The summed E-state index contributed by atoms with van der Waals surface area (Å²) in [5.74, 6) is -1.13. The highest BCUT2D eigenvalue weighted by molar-refractivity contribution is 7.86. The van der Waals surface area contributed by atoms with Crippen LogP contribution in [-0.4, -0.2) is 25.6 Å². The highest BCUT2D eigenvalue weighted by Gasteiger charge is 2.21. The van der Waals surface area contributed by atoms with Crippen LogP contribution in [0.1, 0.15) is 42.8 Å². The first kappa shape index (κ1) is 22.1. The van der Waals surface area contributed by atoms with Crippen molar-refractivity contribution >= 4 is 27.8 Å². The van der Waals surface area contributed by atoms with Gasteiger partial charge in [-0.1, -0.05) is 19.9 Å². The van der Waals surface area contributed by atoms with E-state index in [0.717, 1.165) is 6.07 Å². The summed E-state index contributed by atoms with van der Waals surface area (Å²) in [6.07, 6.45) is -3.98. The van der Waals surface area contributed by atoms with E-state index in [4.69, 9.17) is 0 Å². The van der Waals surface area contributed by atoms with Crippen LogP contribution >= 0.6 is 0 Å². The summed E-state index contributed by atoms with van der Waals surface area (Å²) in [7, 11) is -1.95. The molecule has 5 nitrogen and oxygen atoms in total. The third-order valence-corrected chi connectivity index (χ3v) is 5.72. The molecule has 3 rings (SSSR count). The Morgan fingerprint density at radius 1 is 1.10 bits per heavy atom. The minimum Gasteiger partial charge on any atom is -0.358 e. The maximum absolute atomic E-state index is 14.3. The lowest BCUT2D eigenvalue weighted by molar-refractivity contribution is 0.146. The van der Waals surface area contributed by atoms with Crippen molar-refractivity contribution in [3.8, 4) is 0 Å². The molecule has 0 saturated heterocycles. The van der Waals surface area contributed by atoms with E-state index in [1.807, 2.05) is 0 Å². The number of aryl methyl sites for hydroxylation is 2. The van der Waals surface area contributed by atoms with Gasteiger partial charge in [0.25, 0.3) is 6.43 Å². The van der Waals surface area contributed by atoms with Crippen molar-refractivity contribution in [3.63, 3.8) is 0 Å². The van der Waals surface area contributed by atoms with Crippen LogP contribution < -0.4 is 4.72 Å². The fraction of sp³-hybridized carbons (Fsp3) is 0.368. The standard InChI is InChI=1S/C19H19F5N4OS/c1-3-12-11(7-15(20)21)13(4-2)27-19(26-12)28-30(29)14-8-25-17-9(14)5-6-10(16(17)22)18(23)24/h5-6,8,15,18,25H,3-4,7H2,1-2H3,(H,26,27,28). The summed E-state index contributed by atoms with van der Waals surface area (Å²) >= 11 is 0. The van der Waals surface area contributed by atoms with Gasteiger partial charge in [-0.15, -0.1) is 0 Å². The van der Waals surface area contributed by atoms with Gasteiger partial charge in [0.1, 0.15) is 0 Å². The number of aromatic nitrogens is 3. The van der Waals surface area contributed by atoms with Gasteiger partial charge in [-0.3, -0.25) is 4.72 Å². The number of H-pyrrole nitrogens is 1. The Balaban J connectivity index is 1.95. The van der Waals surface area contributed by atoms with Crippen LogP contribution in [0.2, 0.25) is 0 Å². The number of rotatable bonds is 8. The van der Waals surface area contributed by atoms with Crippen molar-refractivity contribution in [3.05, 3.63) is 46.7 Å². The number of aromatic amines is 1. The molecule has 0 aliphatic heterocycles. The zero-order valence-electron chi connectivity index (χ0n) is 16.1. The molecule has 1 aromatic carbocycles. The summed E-state index contributed by atoms with van der Waals surface area (Å²) < 4.78 is 81.2. The number of halogens is 5. The number of hydrogen-bond acceptors (Lipinski definition) is 3. The summed E-state index contributed by atoms with van der Waals surface area (Å²) in [5.41, 5.74) is 0.281. The highest BCUT2D eigenvalue weighted by Crippen LogP contribution is 2.31. The van der Waals surface area contributed by atoms with Gasteiger partial charge in [0.05, 0.1) is 16.0 Å². The molecule has 2 aromatic heterocycles. The zero-order chi connectivity index (χ0) is 22.0. The number of anilines is 1. The van der Waals surface area contributed by atoms with Crippen molar-refractivity contribution in [2.45, 2.75) is 50.9 Å². The molecular formula is C19H19F5N4OS. The molecular weight excluding hydrogens is 427 g/mol. The number of hydrogen-bond donors (Lipinski definition) is 2. The second kappa shape index (κ2) is 9.07. The fourth-order valence-corrected chi connectivity index (χ4v) is 4.12. The van der Waals surface area contributed by atoms with E-state index in [2.05, 4.69) is 19.7 Å². The van der Waals surface area contributed by atoms with E-state index in [1.165, 1.54) is 12.3 Å². The van der Waals surface area contributed by atoms with Crippen LogP contribution in [0.3, 0.4) is 0 Å². The van der Waals surface area contributed by atoms with E-state index in [0.29, 0.717) is 29.8 Å². The largest absolute Gasteiger partial charge is 0.358 e. The number of benzene rings is 1. The van der Waals surface area contributed by atoms with E-state index >= 15 is 0 Å². The number of alkyl halides is 4. The van der Waals surface area contributed by atoms with Crippen LogP contribution in [0.15, 0.2) is 23.2 Å². The van der Waals surface area contributed by atoms with Crippen LogP contribution in [-0.2, 0) is 30.2 Å². The summed E-state index contributed by atoms with van der Waals surface area (Å²) in [6, 6.07) is 2.20. The quantitative estimate of drug-likeness (QED) is 0.473. The normalized spacial score (nSPS) is 12.8. The van der Waals surface area contributed by atoms with E-state index < -0.39 is 41.6 Å². The van der Waals surface area contributed by atoms with E-state index in [1.54, 1.807) is 13.8 Å². The molecule has 0 aliphatic carbocycles. The Morgan fingerprint density at radius 2 is 1.73 bits per heavy atom. The monoisotopic (exact) mass is 446 g/mol. The lowest BCUT2D eigenvalue weighted by Crippen LogP contribution is -2.14. The van der Waals surface area contributed by atoms with Gasteiger partial charge in [0.15, 0.2) is 16.8 Å². The van der Waals surface area contributed by atoms with Crippen LogP contribution in [0.25, 0.3) is 10.9 Å². The third kappa shape index (κ3) is 4.30. The second-order valence-corrected chi connectivity index (χ2v) is 7.62. The van der Waals surface area contributed by atoms with Crippen molar-refractivity contribution in [1.82, 2.24) is 15.0 Å². The Labute approximate surface area is 171 Å². The van der Waals surface area contributed by atoms with Gasteiger partial charge in [-0.25, -0.2) is 36.1 Å². The number of fused-ring (bicyclic) bond motifs is 1. The first-order valence-electron chi connectivity index (χ1n) is 9.19. The first-order chi connectivity index (χ1) is 14.3. The van der Waals surface area contributed by atoms with Crippen molar-refractivity contribution in [2.75, 3.05) is 4.72 Å². The average Bonchev–Trinajstić information content (AvgIpc) is 3.13. The molecule has 0 fully saturated rings. The fourth-order valence-electron chi connectivity index (χ4n) is 3.22. The van der Waals surface area contributed by atoms with Gasteiger partial charge in [-0.2, -0.15) is 0 Å². The molecule has 2 heterocycles. The van der Waals surface area contributed by atoms with E-state index in [-0.39, 0.29) is 21.7 Å². The summed E-state index contributed by atoms with van der Waals surface area (Å²) in [5, 5.41) is 0.170. The molecule has 2 N–H and O–H groups in total. The smallest absolute Gasteiger partial charge is 0.266 e. The molecule has 1 unspecified atom stereocenters. The van der Waals surface area contributed by atoms with Crippen LogP contribution in [0.4, 0.5) is 27.9 Å². The molecule has 162 valence electrons. The SMILES string of the molecule is CCc1nc(NS(=O)c2c[nH]c3c(F)c(C(F)F)ccc23)nc(CC)c1CC(F)F. The average molecular weight is 446 g/mol. The van der Waals surface area contributed by atoms with Gasteiger partial charge in [0, 0.05) is 35.0 Å². The molecule has 11 heteroatoms.